The van der Waals surface area contributed by atoms with Gasteiger partial charge in [-0.15, -0.1) is 11.8 Å². The molecule has 1 heterocycles. The molecule has 0 unspecified atom stereocenters. The molecule has 1 saturated heterocycles. The van der Waals surface area contributed by atoms with E-state index in [1.54, 1.807) is 4.90 Å². The molecule has 1 N–H and O–H groups in total. The second kappa shape index (κ2) is 6.30. The van der Waals surface area contributed by atoms with Gasteiger partial charge in [-0.3, -0.25) is 9.59 Å². The molecule has 0 spiro atoms. The van der Waals surface area contributed by atoms with Crippen molar-refractivity contribution in [2.45, 2.75) is 11.3 Å². The van der Waals surface area contributed by atoms with Gasteiger partial charge in [0, 0.05) is 30.2 Å². The number of amides is 1. The Kier molecular flexibility index (Phi) is 4.71. The summed E-state index contributed by atoms with van der Waals surface area (Å²) in [6.07, 6.45) is 0.405. The smallest absolute Gasteiger partial charge is 0.310 e. The molecule has 1 aromatic rings. The predicted octanol–water partition coefficient (Wildman–Crippen LogP) is 2.37. The summed E-state index contributed by atoms with van der Waals surface area (Å²) in [6, 6.07) is 7.51. The van der Waals surface area contributed by atoms with Crippen LogP contribution in [0.25, 0.3) is 0 Å². The van der Waals surface area contributed by atoms with E-state index in [9.17, 15) is 9.59 Å². The summed E-state index contributed by atoms with van der Waals surface area (Å²) in [5, 5.41) is 9.42. The minimum absolute atomic E-state index is 0.0112. The Balaban J connectivity index is 1.71. The third kappa shape index (κ3) is 3.64. The number of rotatable bonds is 5. The first kappa shape index (κ1) is 14.2. The average molecular weight is 300 g/mol. The summed E-state index contributed by atoms with van der Waals surface area (Å²) in [6.45, 7) is 0.676. The van der Waals surface area contributed by atoms with Crippen LogP contribution in [0.2, 0.25) is 5.02 Å². The third-order valence-electron chi connectivity index (χ3n) is 2.99. The molecule has 0 aliphatic carbocycles. The molecule has 0 radical (unpaired) electrons. The van der Waals surface area contributed by atoms with Crippen molar-refractivity contribution in [2.75, 3.05) is 18.8 Å². The van der Waals surface area contributed by atoms with Gasteiger partial charge in [0.25, 0.3) is 0 Å². The highest BCUT2D eigenvalue weighted by atomic mass is 35.5. The number of carbonyl (C=O) groups is 2. The van der Waals surface area contributed by atoms with Crippen molar-refractivity contribution >= 4 is 35.2 Å². The monoisotopic (exact) mass is 299 g/mol. The van der Waals surface area contributed by atoms with E-state index in [2.05, 4.69) is 0 Å². The zero-order chi connectivity index (χ0) is 13.8. The highest BCUT2D eigenvalue weighted by Gasteiger charge is 2.35. The minimum Gasteiger partial charge on any atom is -0.481 e. The number of benzene rings is 1. The highest BCUT2D eigenvalue weighted by Crippen LogP contribution is 2.27. The number of aliphatic carboxylic acids is 1. The van der Waals surface area contributed by atoms with Crippen molar-refractivity contribution in [3.8, 4) is 0 Å². The zero-order valence-electron chi connectivity index (χ0n) is 10.2. The molecule has 4 nitrogen and oxygen atoms in total. The Hall–Kier alpha value is -1.20. The summed E-state index contributed by atoms with van der Waals surface area (Å²) < 4.78 is 0. The topological polar surface area (TPSA) is 57.6 Å². The Morgan fingerprint density at radius 3 is 2.68 bits per heavy atom. The van der Waals surface area contributed by atoms with Crippen LogP contribution < -0.4 is 0 Å². The van der Waals surface area contributed by atoms with Crippen LogP contribution in [0.5, 0.6) is 0 Å². The number of carbonyl (C=O) groups excluding carboxylic acids is 1. The number of thioether (sulfide) groups is 1. The van der Waals surface area contributed by atoms with Gasteiger partial charge in [0.1, 0.15) is 0 Å². The number of likely N-dealkylation sites (tertiary alicyclic amines) is 1. The maximum Gasteiger partial charge on any atom is 0.310 e. The Morgan fingerprint density at radius 2 is 2.05 bits per heavy atom. The van der Waals surface area contributed by atoms with Gasteiger partial charge in [-0.25, -0.2) is 0 Å². The third-order valence-corrected chi connectivity index (χ3v) is 4.51. The first-order valence-electron chi connectivity index (χ1n) is 5.96. The molecule has 6 heteroatoms. The van der Waals surface area contributed by atoms with Crippen molar-refractivity contribution < 1.29 is 14.7 Å². The summed E-state index contributed by atoms with van der Waals surface area (Å²) in [5.41, 5.74) is 0. The Morgan fingerprint density at radius 1 is 1.37 bits per heavy atom. The maximum absolute atomic E-state index is 11.8. The van der Waals surface area contributed by atoms with E-state index in [-0.39, 0.29) is 11.8 Å². The van der Waals surface area contributed by atoms with Gasteiger partial charge in [0.15, 0.2) is 0 Å². The van der Waals surface area contributed by atoms with Crippen molar-refractivity contribution in [3.63, 3.8) is 0 Å². The highest BCUT2D eigenvalue weighted by molar-refractivity contribution is 7.99. The van der Waals surface area contributed by atoms with Gasteiger partial charge >= 0.3 is 5.97 Å². The normalized spacial score (nSPS) is 15.1. The predicted molar refractivity (Wildman–Crippen MR) is 74.5 cm³/mol. The van der Waals surface area contributed by atoms with Gasteiger partial charge in [0.05, 0.1) is 10.9 Å². The van der Waals surface area contributed by atoms with Crippen molar-refractivity contribution in [1.82, 2.24) is 4.90 Å². The van der Waals surface area contributed by atoms with Crippen LogP contribution in [0.15, 0.2) is 29.2 Å². The molecule has 2 rings (SSSR count). The molecular formula is C13H14ClNO3S. The fraction of sp³-hybridized carbons (Fsp3) is 0.385. The van der Waals surface area contributed by atoms with Gasteiger partial charge < -0.3 is 10.0 Å². The van der Waals surface area contributed by atoms with Crippen molar-refractivity contribution in [1.29, 1.82) is 0 Å². The molecule has 1 aromatic carbocycles. The van der Waals surface area contributed by atoms with Crippen LogP contribution in [-0.2, 0) is 9.59 Å². The van der Waals surface area contributed by atoms with E-state index in [4.69, 9.17) is 16.7 Å². The quantitative estimate of drug-likeness (QED) is 0.848. The van der Waals surface area contributed by atoms with Crippen LogP contribution in [0.4, 0.5) is 0 Å². The van der Waals surface area contributed by atoms with Gasteiger partial charge in [-0.05, 0) is 12.1 Å². The van der Waals surface area contributed by atoms with E-state index in [1.807, 2.05) is 24.3 Å². The van der Waals surface area contributed by atoms with E-state index >= 15 is 0 Å². The average Bonchev–Trinajstić information content (AvgIpc) is 2.29. The lowest BCUT2D eigenvalue weighted by Crippen LogP contribution is -2.53. The fourth-order valence-corrected chi connectivity index (χ4v) is 2.98. The van der Waals surface area contributed by atoms with Crippen LogP contribution in [0.1, 0.15) is 6.42 Å². The minimum atomic E-state index is -0.825. The molecule has 1 aliphatic heterocycles. The van der Waals surface area contributed by atoms with E-state index in [0.717, 1.165) is 4.90 Å². The maximum atomic E-state index is 11.8. The molecule has 0 aromatic heterocycles. The Labute approximate surface area is 120 Å². The summed E-state index contributed by atoms with van der Waals surface area (Å²) in [5.74, 6) is -0.553. The standard InChI is InChI=1S/C13H14ClNO3S/c14-10-3-1-2-4-11(10)19-6-5-12(16)15-7-9(8-15)13(17)18/h1-4,9H,5-8H2,(H,17,18). The largest absolute Gasteiger partial charge is 0.481 e. The first-order chi connectivity index (χ1) is 9.08. The molecule has 0 atom stereocenters. The number of carboxylic acid groups (broad SMARTS) is 1. The van der Waals surface area contributed by atoms with Crippen LogP contribution in [-0.4, -0.2) is 40.7 Å². The molecular weight excluding hydrogens is 286 g/mol. The lowest BCUT2D eigenvalue weighted by molar-refractivity contribution is -0.152. The van der Waals surface area contributed by atoms with Crippen LogP contribution >= 0.6 is 23.4 Å². The van der Waals surface area contributed by atoms with E-state index < -0.39 is 5.97 Å². The molecule has 0 saturated carbocycles. The van der Waals surface area contributed by atoms with E-state index in [0.29, 0.717) is 30.3 Å². The van der Waals surface area contributed by atoms with Crippen LogP contribution in [0, 0.1) is 5.92 Å². The molecule has 19 heavy (non-hydrogen) atoms. The van der Waals surface area contributed by atoms with Gasteiger partial charge in [0.2, 0.25) is 5.91 Å². The molecule has 1 amide bonds. The number of carboxylic acids is 1. The molecule has 1 fully saturated rings. The number of halogens is 1. The van der Waals surface area contributed by atoms with E-state index in [1.165, 1.54) is 11.8 Å². The first-order valence-corrected chi connectivity index (χ1v) is 7.32. The second-order valence-corrected chi connectivity index (χ2v) is 5.91. The zero-order valence-corrected chi connectivity index (χ0v) is 11.8. The number of nitrogens with zero attached hydrogens (tertiary/aromatic N) is 1. The lowest BCUT2D eigenvalue weighted by Gasteiger charge is -2.36. The van der Waals surface area contributed by atoms with Gasteiger partial charge in [-0.1, -0.05) is 23.7 Å². The molecule has 0 bridgehead atoms. The second-order valence-electron chi connectivity index (χ2n) is 4.36. The van der Waals surface area contributed by atoms with Crippen molar-refractivity contribution in [2.24, 2.45) is 5.92 Å². The lowest BCUT2D eigenvalue weighted by atomic mass is 10.0. The van der Waals surface area contributed by atoms with Crippen LogP contribution in [0.3, 0.4) is 0 Å². The summed E-state index contributed by atoms with van der Waals surface area (Å²) in [4.78, 5) is 24.9. The summed E-state index contributed by atoms with van der Waals surface area (Å²) >= 11 is 7.55. The fourth-order valence-electron chi connectivity index (χ4n) is 1.81. The Bertz CT molecular complexity index is 489. The molecule has 1 aliphatic rings. The van der Waals surface area contributed by atoms with Crippen molar-refractivity contribution in [3.05, 3.63) is 29.3 Å². The number of hydrogen-bond donors (Lipinski definition) is 1. The molecule has 102 valence electrons. The summed E-state index contributed by atoms with van der Waals surface area (Å²) in [7, 11) is 0. The number of hydrogen-bond acceptors (Lipinski definition) is 3. The van der Waals surface area contributed by atoms with Gasteiger partial charge in [-0.2, -0.15) is 0 Å². The SMILES string of the molecule is O=C(O)C1CN(C(=O)CCSc2ccccc2Cl)C1.